The van der Waals surface area contributed by atoms with Gasteiger partial charge in [0.25, 0.3) is 0 Å². The van der Waals surface area contributed by atoms with Gasteiger partial charge in [-0.3, -0.25) is 0 Å². The lowest BCUT2D eigenvalue weighted by Gasteiger charge is -2.06. The molecule has 0 aliphatic heterocycles. The zero-order chi connectivity index (χ0) is 14.8. The third kappa shape index (κ3) is 7.16. The molecule has 0 aromatic heterocycles. The lowest BCUT2D eigenvalue weighted by molar-refractivity contribution is -0.133. The summed E-state index contributed by atoms with van der Waals surface area (Å²) < 4.78 is 4.87. The van der Waals surface area contributed by atoms with E-state index in [-0.39, 0.29) is 12.2 Å². The Morgan fingerprint density at radius 3 is 2.00 bits per heavy atom. The number of carboxylic acid groups (broad SMARTS) is 3. The Kier molecular flexibility index (Phi) is 7.05. The van der Waals surface area contributed by atoms with E-state index in [9.17, 15) is 14.4 Å². The maximum atomic E-state index is 11.0. The van der Waals surface area contributed by atoms with E-state index in [1.165, 1.54) is 6.08 Å². The molecule has 3 N–H and O–H groups in total. The summed E-state index contributed by atoms with van der Waals surface area (Å²) in [7, 11) is 0. The van der Waals surface area contributed by atoms with E-state index in [1.807, 2.05) is 0 Å². The minimum atomic E-state index is -1.40. The number of carbonyl (C=O) groups is 3. The third-order valence-corrected chi connectivity index (χ3v) is 1.67. The molecular formula is C12H12O7. The van der Waals surface area contributed by atoms with Gasteiger partial charge in [0, 0.05) is 12.5 Å². The molecular weight excluding hydrogens is 256 g/mol. The molecule has 0 saturated heterocycles. The molecule has 0 fully saturated rings. The maximum absolute atomic E-state index is 11.0. The summed E-state index contributed by atoms with van der Waals surface area (Å²) >= 11 is 0. The van der Waals surface area contributed by atoms with Gasteiger partial charge in [-0.05, 0) is 6.08 Å². The van der Waals surface area contributed by atoms with Crippen LogP contribution < -0.4 is 0 Å². The van der Waals surface area contributed by atoms with E-state index in [0.29, 0.717) is 12.2 Å². The first-order valence-corrected chi connectivity index (χ1v) is 4.93. The number of hydrogen-bond donors (Lipinski definition) is 3. The van der Waals surface area contributed by atoms with Crippen molar-refractivity contribution in [2.45, 2.75) is 6.42 Å². The minimum absolute atomic E-state index is 0.00441. The number of ether oxygens (including phenoxy) is 1. The molecule has 0 unspecified atom stereocenters. The molecule has 0 aliphatic carbocycles. The quantitative estimate of drug-likeness (QED) is 0.261. The Labute approximate surface area is 108 Å². The first-order valence-electron chi connectivity index (χ1n) is 4.93. The Bertz CT molecular complexity index is 468. The molecule has 19 heavy (non-hydrogen) atoms. The smallest absolute Gasteiger partial charge is 0.339 e. The highest BCUT2D eigenvalue weighted by Gasteiger charge is 2.12. The van der Waals surface area contributed by atoms with Crippen molar-refractivity contribution in [1.29, 1.82) is 0 Å². The highest BCUT2D eigenvalue weighted by molar-refractivity contribution is 5.93. The van der Waals surface area contributed by atoms with Crippen molar-refractivity contribution in [1.82, 2.24) is 0 Å². The average molecular weight is 268 g/mol. The predicted octanol–water partition coefficient (Wildman–Crippen LogP) is 1.16. The lowest BCUT2D eigenvalue weighted by atomic mass is 10.1. The highest BCUT2D eigenvalue weighted by Crippen LogP contribution is 2.14. The maximum Gasteiger partial charge on any atom is 0.339 e. The zero-order valence-electron chi connectivity index (χ0n) is 9.78. The molecule has 0 spiro atoms. The van der Waals surface area contributed by atoms with Gasteiger partial charge in [0.1, 0.15) is 5.76 Å². The summed E-state index contributed by atoms with van der Waals surface area (Å²) in [4.78, 5) is 31.6. The van der Waals surface area contributed by atoms with E-state index in [1.54, 1.807) is 0 Å². The van der Waals surface area contributed by atoms with Crippen molar-refractivity contribution in [3.8, 4) is 0 Å². The van der Waals surface area contributed by atoms with E-state index < -0.39 is 23.5 Å². The van der Waals surface area contributed by atoms with Gasteiger partial charge in [-0.2, -0.15) is 0 Å². The van der Waals surface area contributed by atoms with E-state index >= 15 is 0 Å². The van der Waals surface area contributed by atoms with Crippen LogP contribution in [0.1, 0.15) is 6.42 Å². The van der Waals surface area contributed by atoms with Crippen LogP contribution in [0.25, 0.3) is 0 Å². The summed E-state index contributed by atoms with van der Waals surface area (Å²) in [6, 6.07) is 0. The van der Waals surface area contributed by atoms with Gasteiger partial charge in [0.15, 0.2) is 0 Å². The van der Waals surface area contributed by atoms with Crippen LogP contribution in [0.5, 0.6) is 0 Å². The van der Waals surface area contributed by atoms with Crippen molar-refractivity contribution in [2.24, 2.45) is 0 Å². The monoisotopic (exact) mass is 268 g/mol. The fraction of sp³-hybridized carbons (Fsp3) is 0.0833. The first-order chi connectivity index (χ1) is 8.88. The summed E-state index contributed by atoms with van der Waals surface area (Å²) in [5.41, 5.74) is -0.405. The molecule has 0 bridgehead atoms. The molecule has 0 amide bonds. The number of aliphatic carboxylic acids is 3. The Morgan fingerprint density at radius 2 is 1.58 bits per heavy atom. The number of rotatable bonds is 8. The summed E-state index contributed by atoms with van der Waals surface area (Å²) in [6.45, 7) is 3.39. The Balaban J connectivity index is 5.35. The van der Waals surface area contributed by atoms with Crippen LogP contribution in [0.15, 0.2) is 48.5 Å². The summed E-state index contributed by atoms with van der Waals surface area (Å²) in [6.07, 6.45) is 4.27. The molecule has 0 aromatic carbocycles. The van der Waals surface area contributed by atoms with Crippen molar-refractivity contribution >= 4 is 17.9 Å². The molecule has 0 radical (unpaired) electrons. The highest BCUT2D eigenvalue weighted by atomic mass is 16.5. The van der Waals surface area contributed by atoms with Crippen LogP contribution in [0.3, 0.4) is 0 Å². The second-order valence-electron chi connectivity index (χ2n) is 3.07. The summed E-state index contributed by atoms with van der Waals surface area (Å²) in [5, 5.41) is 25.8. The molecule has 0 aliphatic rings. The molecule has 102 valence electrons. The van der Waals surface area contributed by atoms with Gasteiger partial charge < -0.3 is 20.1 Å². The molecule has 7 heteroatoms. The molecule has 0 heterocycles. The topological polar surface area (TPSA) is 121 Å². The second kappa shape index (κ2) is 8.29. The van der Waals surface area contributed by atoms with Gasteiger partial charge in [0.05, 0.1) is 17.9 Å². The second-order valence-corrected chi connectivity index (χ2v) is 3.07. The van der Waals surface area contributed by atoms with Gasteiger partial charge in [-0.1, -0.05) is 6.08 Å². The Morgan fingerprint density at radius 1 is 1.00 bits per heavy atom. The molecule has 0 atom stereocenters. The van der Waals surface area contributed by atoms with Crippen molar-refractivity contribution in [3.63, 3.8) is 0 Å². The van der Waals surface area contributed by atoms with E-state index in [0.717, 1.165) is 12.3 Å². The number of carboxylic acids is 3. The van der Waals surface area contributed by atoms with E-state index in [4.69, 9.17) is 20.1 Å². The van der Waals surface area contributed by atoms with Gasteiger partial charge in [-0.25, -0.2) is 14.4 Å². The average Bonchev–Trinajstić information content (AvgIpc) is 2.27. The van der Waals surface area contributed by atoms with Crippen molar-refractivity contribution in [2.75, 3.05) is 0 Å². The van der Waals surface area contributed by atoms with Gasteiger partial charge in [0.2, 0.25) is 0 Å². The van der Waals surface area contributed by atoms with Crippen LogP contribution in [0.4, 0.5) is 0 Å². The Hall–Kier alpha value is -2.83. The van der Waals surface area contributed by atoms with Crippen LogP contribution in [0, 0.1) is 0 Å². The van der Waals surface area contributed by atoms with Gasteiger partial charge in [-0.15, -0.1) is 6.58 Å². The first kappa shape index (κ1) is 16.2. The number of allylic oxidation sites excluding steroid dienone is 1. The van der Waals surface area contributed by atoms with E-state index in [2.05, 4.69) is 6.58 Å². The normalized spacial score (nSPS) is 12.2. The lowest BCUT2D eigenvalue weighted by Crippen LogP contribution is -2.04. The van der Waals surface area contributed by atoms with Crippen LogP contribution >= 0.6 is 0 Å². The molecule has 7 nitrogen and oxygen atoms in total. The zero-order valence-corrected chi connectivity index (χ0v) is 9.78. The van der Waals surface area contributed by atoms with Crippen LogP contribution in [-0.4, -0.2) is 33.2 Å². The number of hydrogen-bond acceptors (Lipinski definition) is 4. The largest absolute Gasteiger partial charge is 0.478 e. The van der Waals surface area contributed by atoms with Gasteiger partial charge >= 0.3 is 17.9 Å². The third-order valence-electron chi connectivity index (χ3n) is 1.67. The fourth-order valence-corrected chi connectivity index (χ4v) is 0.965. The summed E-state index contributed by atoms with van der Waals surface area (Å²) in [5.74, 6) is -4.12. The van der Waals surface area contributed by atoms with Crippen molar-refractivity contribution in [3.05, 3.63) is 48.5 Å². The van der Waals surface area contributed by atoms with Crippen molar-refractivity contribution < 1.29 is 34.4 Å². The molecule has 0 aromatic rings. The fourth-order valence-electron chi connectivity index (χ4n) is 0.965. The van der Waals surface area contributed by atoms with Crippen LogP contribution in [0.2, 0.25) is 0 Å². The molecule has 0 saturated carbocycles. The SMILES string of the molecule is C=CCC(OC=CC(=O)O)=C(C=CC(=O)O)C(=O)O. The van der Waals surface area contributed by atoms with Crippen LogP contribution in [-0.2, 0) is 19.1 Å². The standard InChI is InChI=1S/C12H12O7/c1-2-3-9(19-7-6-11(15)16)8(12(17)18)4-5-10(13)14/h2,4-7H,1,3H2,(H,13,14)(H,15,16)(H,17,18). The predicted molar refractivity (Wildman–Crippen MR) is 64.1 cm³/mol. The minimum Gasteiger partial charge on any atom is -0.478 e. The molecule has 0 rings (SSSR count).